The van der Waals surface area contributed by atoms with Crippen LogP contribution >= 0.6 is 0 Å². The Morgan fingerprint density at radius 3 is 2.62 bits per heavy atom. The second-order valence-electron chi connectivity index (χ2n) is 6.00. The monoisotopic (exact) mass is 298 g/mol. The summed E-state index contributed by atoms with van der Waals surface area (Å²) in [6.07, 6.45) is 4.98. The van der Waals surface area contributed by atoms with E-state index in [9.17, 15) is 9.59 Å². The highest BCUT2D eigenvalue weighted by Gasteiger charge is 2.39. The van der Waals surface area contributed by atoms with Crippen molar-refractivity contribution in [2.75, 3.05) is 26.3 Å². The number of aliphatic carboxylic acids is 1. The Bertz CT molecular complexity index is 369. The molecule has 2 unspecified atom stereocenters. The standard InChI is InChI=1S/C15H26N2O4/c1-2-7-16-13-10-21-9-12(13)15(20)17(8-14(18)19)11-5-3-4-6-11/h11-13,16H,2-10H2,1H3,(H,18,19). The molecule has 2 fully saturated rings. The van der Waals surface area contributed by atoms with Crippen molar-refractivity contribution in [2.45, 2.75) is 51.1 Å². The Labute approximate surface area is 125 Å². The van der Waals surface area contributed by atoms with E-state index in [1.165, 1.54) is 0 Å². The molecule has 2 atom stereocenters. The second-order valence-corrected chi connectivity index (χ2v) is 6.00. The first-order valence-electron chi connectivity index (χ1n) is 7.97. The zero-order valence-corrected chi connectivity index (χ0v) is 12.7. The minimum absolute atomic E-state index is 0.00940. The molecule has 2 rings (SSSR count). The third-order valence-corrected chi connectivity index (χ3v) is 4.41. The van der Waals surface area contributed by atoms with E-state index < -0.39 is 5.97 Å². The van der Waals surface area contributed by atoms with Crippen LogP contribution in [0.3, 0.4) is 0 Å². The van der Waals surface area contributed by atoms with Crippen LogP contribution in [-0.4, -0.2) is 60.3 Å². The molecule has 2 N–H and O–H groups in total. The van der Waals surface area contributed by atoms with E-state index in [1.54, 1.807) is 4.90 Å². The number of hydrogen-bond donors (Lipinski definition) is 2. The largest absolute Gasteiger partial charge is 0.480 e. The van der Waals surface area contributed by atoms with Gasteiger partial charge in [-0.05, 0) is 25.8 Å². The first-order chi connectivity index (χ1) is 10.1. The number of carbonyl (C=O) groups is 2. The fourth-order valence-electron chi connectivity index (χ4n) is 3.29. The summed E-state index contributed by atoms with van der Waals surface area (Å²) in [6.45, 7) is 3.65. The molecule has 1 saturated heterocycles. The smallest absolute Gasteiger partial charge is 0.323 e. The number of carboxylic acids is 1. The molecule has 6 nitrogen and oxygen atoms in total. The van der Waals surface area contributed by atoms with Gasteiger partial charge in [-0.25, -0.2) is 0 Å². The van der Waals surface area contributed by atoms with Gasteiger partial charge in [0.05, 0.1) is 19.1 Å². The minimum atomic E-state index is -0.938. The Morgan fingerprint density at radius 2 is 2.00 bits per heavy atom. The van der Waals surface area contributed by atoms with Crippen molar-refractivity contribution in [1.29, 1.82) is 0 Å². The van der Waals surface area contributed by atoms with Crippen molar-refractivity contribution in [3.8, 4) is 0 Å². The molecule has 0 aromatic carbocycles. The number of ether oxygens (including phenoxy) is 1. The lowest BCUT2D eigenvalue weighted by atomic mass is 10.00. The molecule has 0 aromatic heterocycles. The second kappa shape index (κ2) is 7.75. The molecule has 1 aliphatic carbocycles. The van der Waals surface area contributed by atoms with Gasteiger partial charge in [-0.1, -0.05) is 19.8 Å². The summed E-state index contributed by atoms with van der Waals surface area (Å²) in [6, 6.07) is 0.0937. The number of rotatable bonds is 7. The van der Waals surface area contributed by atoms with Crippen LogP contribution in [0.15, 0.2) is 0 Å². The van der Waals surface area contributed by atoms with Crippen molar-refractivity contribution >= 4 is 11.9 Å². The van der Waals surface area contributed by atoms with Crippen LogP contribution in [0.4, 0.5) is 0 Å². The highest BCUT2D eigenvalue weighted by atomic mass is 16.5. The van der Waals surface area contributed by atoms with Gasteiger partial charge in [0, 0.05) is 12.1 Å². The summed E-state index contributed by atoms with van der Waals surface area (Å²) in [5, 5.41) is 12.4. The van der Waals surface area contributed by atoms with Crippen LogP contribution in [0.5, 0.6) is 0 Å². The van der Waals surface area contributed by atoms with E-state index >= 15 is 0 Å². The van der Waals surface area contributed by atoms with Gasteiger partial charge in [0.2, 0.25) is 5.91 Å². The number of amides is 1. The van der Waals surface area contributed by atoms with Crippen LogP contribution in [0, 0.1) is 5.92 Å². The van der Waals surface area contributed by atoms with Crippen LogP contribution in [-0.2, 0) is 14.3 Å². The van der Waals surface area contributed by atoms with Crippen molar-refractivity contribution in [1.82, 2.24) is 10.2 Å². The van der Waals surface area contributed by atoms with E-state index in [2.05, 4.69) is 12.2 Å². The van der Waals surface area contributed by atoms with Crippen molar-refractivity contribution in [3.63, 3.8) is 0 Å². The Hall–Kier alpha value is -1.14. The maximum Gasteiger partial charge on any atom is 0.323 e. The summed E-state index contributed by atoms with van der Waals surface area (Å²) < 4.78 is 5.45. The topological polar surface area (TPSA) is 78.9 Å². The van der Waals surface area contributed by atoms with Gasteiger partial charge in [-0.3, -0.25) is 9.59 Å². The molecule has 1 aliphatic heterocycles. The number of nitrogens with zero attached hydrogens (tertiary/aromatic N) is 1. The van der Waals surface area contributed by atoms with Crippen LogP contribution in [0.25, 0.3) is 0 Å². The van der Waals surface area contributed by atoms with E-state index in [-0.39, 0.29) is 30.5 Å². The normalized spacial score (nSPS) is 26.1. The van der Waals surface area contributed by atoms with Crippen molar-refractivity contribution in [3.05, 3.63) is 0 Å². The molecular weight excluding hydrogens is 272 g/mol. The molecule has 0 aromatic rings. The molecule has 0 bridgehead atoms. The fourth-order valence-corrected chi connectivity index (χ4v) is 3.29. The molecule has 120 valence electrons. The summed E-state index contributed by atoms with van der Waals surface area (Å²) in [4.78, 5) is 25.5. The lowest BCUT2D eigenvalue weighted by Crippen LogP contribution is -2.50. The third-order valence-electron chi connectivity index (χ3n) is 4.41. The Balaban J connectivity index is 2.03. The first-order valence-corrected chi connectivity index (χ1v) is 7.97. The van der Waals surface area contributed by atoms with Crippen molar-refractivity contribution < 1.29 is 19.4 Å². The van der Waals surface area contributed by atoms with Gasteiger partial charge >= 0.3 is 5.97 Å². The van der Waals surface area contributed by atoms with E-state index in [4.69, 9.17) is 9.84 Å². The Kier molecular flexibility index (Phi) is 5.99. The summed E-state index contributed by atoms with van der Waals surface area (Å²) >= 11 is 0. The highest BCUT2D eigenvalue weighted by molar-refractivity contribution is 5.84. The summed E-state index contributed by atoms with van der Waals surface area (Å²) in [5.74, 6) is -1.25. The zero-order chi connectivity index (χ0) is 15.2. The zero-order valence-electron chi connectivity index (χ0n) is 12.7. The molecule has 0 spiro atoms. The van der Waals surface area contributed by atoms with Crippen LogP contribution in [0.1, 0.15) is 39.0 Å². The molecule has 1 heterocycles. The minimum Gasteiger partial charge on any atom is -0.480 e. The number of carbonyl (C=O) groups excluding carboxylic acids is 1. The number of hydrogen-bond acceptors (Lipinski definition) is 4. The van der Waals surface area contributed by atoms with Crippen LogP contribution < -0.4 is 5.32 Å². The van der Waals surface area contributed by atoms with E-state index in [0.29, 0.717) is 13.2 Å². The molecule has 21 heavy (non-hydrogen) atoms. The Morgan fingerprint density at radius 1 is 1.29 bits per heavy atom. The SMILES string of the molecule is CCCNC1COCC1C(=O)N(CC(=O)O)C1CCCC1. The number of carboxylic acid groups (broad SMARTS) is 1. The van der Waals surface area contributed by atoms with E-state index in [1.807, 2.05) is 0 Å². The molecule has 0 radical (unpaired) electrons. The molecule has 1 saturated carbocycles. The van der Waals surface area contributed by atoms with Gasteiger partial charge in [0.25, 0.3) is 0 Å². The predicted octanol–water partition coefficient (Wildman–Crippen LogP) is 0.857. The number of nitrogens with one attached hydrogen (secondary N) is 1. The maximum atomic E-state index is 12.8. The highest BCUT2D eigenvalue weighted by Crippen LogP contribution is 2.26. The van der Waals surface area contributed by atoms with Crippen molar-refractivity contribution in [2.24, 2.45) is 5.92 Å². The summed E-state index contributed by atoms with van der Waals surface area (Å²) in [5.41, 5.74) is 0. The lowest BCUT2D eigenvalue weighted by molar-refractivity contribution is -0.148. The molecular formula is C15H26N2O4. The van der Waals surface area contributed by atoms with Gasteiger partial charge in [-0.15, -0.1) is 0 Å². The average Bonchev–Trinajstić information content (AvgIpc) is 3.12. The van der Waals surface area contributed by atoms with Gasteiger partial charge in [0.15, 0.2) is 0 Å². The fraction of sp³-hybridized carbons (Fsp3) is 0.867. The molecule has 6 heteroatoms. The lowest BCUT2D eigenvalue weighted by Gasteiger charge is -2.31. The van der Waals surface area contributed by atoms with Gasteiger partial charge < -0.3 is 20.1 Å². The van der Waals surface area contributed by atoms with Gasteiger partial charge in [0.1, 0.15) is 6.54 Å². The average molecular weight is 298 g/mol. The third kappa shape index (κ3) is 4.17. The van der Waals surface area contributed by atoms with Crippen LogP contribution in [0.2, 0.25) is 0 Å². The molecule has 2 aliphatic rings. The quantitative estimate of drug-likeness (QED) is 0.729. The first kappa shape index (κ1) is 16.2. The maximum absolute atomic E-state index is 12.8. The van der Waals surface area contributed by atoms with Gasteiger partial charge in [-0.2, -0.15) is 0 Å². The predicted molar refractivity (Wildman–Crippen MR) is 78.0 cm³/mol. The van der Waals surface area contributed by atoms with E-state index in [0.717, 1.165) is 38.6 Å². The molecule has 1 amide bonds. The summed E-state index contributed by atoms with van der Waals surface area (Å²) in [7, 11) is 0.